The van der Waals surface area contributed by atoms with Crippen molar-refractivity contribution in [3.63, 3.8) is 0 Å². The minimum atomic E-state index is -1.01. The van der Waals surface area contributed by atoms with Crippen LogP contribution in [0.3, 0.4) is 0 Å². The highest BCUT2D eigenvalue weighted by molar-refractivity contribution is 6.04. The van der Waals surface area contributed by atoms with Crippen LogP contribution >= 0.6 is 0 Å². The summed E-state index contributed by atoms with van der Waals surface area (Å²) in [5.74, 6) is -2.86. The van der Waals surface area contributed by atoms with Crippen molar-refractivity contribution in [1.29, 1.82) is 0 Å². The second-order valence-corrected chi connectivity index (χ2v) is 9.64. The molecular weight excluding hydrogens is 511 g/mol. The predicted octanol–water partition coefficient (Wildman–Crippen LogP) is 5.64. The van der Waals surface area contributed by atoms with E-state index in [0.717, 1.165) is 12.1 Å². The van der Waals surface area contributed by atoms with Gasteiger partial charge in [-0.25, -0.2) is 18.2 Å². The number of carboxylic acids is 1. The molecular formula is C29H24F3N3O4. The smallest absolute Gasteiger partial charge is 0.303 e. The summed E-state index contributed by atoms with van der Waals surface area (Å²) >= 11 is 0. The summed E-state index contributed by atoms with van der Waals surface area (Å²) in [4.78, 5) is 34.9. The molecule has 0 spiro atoms. The summed E-state index contributed by atoms with van der Waals surface area (Å²) in [6.45, 7) is 1.73. The molecule has 0 saturated heterocycles. The Labute approximate surface area is 221 Å². The third kappa shape index (κ3) is 5.27. The summed E-state index contributed by atoms with van der Waals surface area (Å²) in [5.41, 5.74) is 1.14. The van der Waals surface area contributed by atoms with Crippen LogP contribution in [0.5, 0.6) is 0 Å². The van der Waals surface area contributed by atoms with Gasteiger partial charge in [0.25, 0.3) is 5.56 Å². The molecule has 1 atom stereocenters. The summed E-state index contributed by atoms with van der Waals surface area (Å²) in [5, 5.41) is 13.5. The molecule has 200 valence electrons. The van der Waals surface area contributed by atoms with Crippen LogP contribution in [0.15, 0.2) is 70.6 Å². The van der Waals surface area contributed by atoms with E-state index in [-0.39, 0.29) is 18.4 Å². The number of aliphatic carboxylic acids is 1. The molecule has 1 aliphatic heterocycles. The average molecular weight is 536 g/mol. The lowest BCUT2D eigenvalue weighted by atomic mass is 9.89. The zero-order valence-corrected chi connectivity index (χ0v) is 21.0. The molecule has 4 aromatic rings. The SMILES string of the molecule is CC1(c2ccc(F)c(F)c2)CC(c2ccc3c(=O)n(-c4ccc(F)cc4)c(CCCCC(=O)O)nc3c2)=NO1. The maximum absolute atomic E-state index is 13.8. The van der Waals surface area contributed by atoms with E-state index in [0.29, 0.717) is 58.5 Å². The first-order chi connectivity index (χ1) is 18.6. The van der Waals surface area contributed by atoms with E-state index in [1.807, 2.05) is 0 Å². The summed E-state index contributed by atoms with van der Waals surface area (Å²) < 4.78 is 42.2. The number of hydrogen-bond acceptors (Lipinski definition) is 5. The van der Waals surface area contributed by atoms with Crippen molar-refractivity contribution in [2.24, 2.45) is 5.16 Å². The number of aryl methyl sites for hydroxylation is 1. The molecule has 0 radical (unpaired) electrons. The molecule has 1 unspecified atom stereocenters. The molecule has 2 heterocycles. The molecule has 3 aromatic carbocycles. The van der Waals surface area contributed by atoms with E-state index in [4.69, 9.17) is 14.9 Å². The number of unbranched alkanes of at least 4 members (excludes halogenated alkanes) is 1. The Bertz CT molecular complexity index is 1670. The van der Waals surface area contributed by atoms with Crippen molar-refractivity contribution in [2.75, 3.05) is 0 Å². The zero-order valence-electron chi connectivity index (χ0n) is 21.0. The highest BCUT2D eigenvalue weighted by atomic mass is 19.2. The van der Waals surface area contributed by atoms with E-state index < -0.39 is 29.0 Å². The van der Waals surface area contributed by atoms with Crippen molar-refractivity contribution in [3.05, 3.63) is 105 Å². The van der Waals surface area contributed by atoms with Crippen LogP contribution in [0, 0.1) is 17.5 Å². The summed E-state index contributed by atoms with van der Waals surface area (Å²) in [6.07, 6.45) is 1.49. The minimum absolute atomic E-state index is 0.00490. The largest absolute Gasteiger partial charge is 0.481 e. The van der Waals surface area contributed by atoms with Crippen molar-refractivity contribution < 1.29 is 27.9 Å². The van der Waals surface area contributed by atoms with Gasteiger partial charge in [-0.05, 0) is 68.3 Å². The van der Waals surface area contributed by atoms with Gasteiger partial charge < -0.3 is 9.94 Å². The number of fused-ring (bicyclic) bond motifs is 1. The maximum Gasteiger partial charge on any atom is 0.303 e. The van der Waals surface area contributed by atoms with E-state index in [9.17, 15) is 22.8 Å². The third-order valence-electron chi connectivity index (χ3n) is 6.79. The standard InChI is InChI=1S/C29H24F3N3O4/c1-29(18-7-13-22(31)23(32)15-18)16-25(34-39-29)17-6-12-21-24(14-17)33-26(4-2-3-5-27(36)37)35(28(21)38)20-10-8-19(30)9-11-20/h6-15H,2-5,16H2,1H3,(H,36,37). The van der Waals surface area contributed by atoms with Gasteiger partial charge in [-0.1, -0.05) is 17.3 Å². The van der Waals surface area contributed by atoms with Gasteiger partial charge in [0.1, 0.15) is 11.6 Å². The Morgan fingerprint density at radius 2 is 1.79 bits per heavy atom. The Morgan fingerprint density at radius 1 is 1.03 bits per heavy atom. The van der Waals surface area contributed by atoms with Gasteiger partial charge >= 0.3 is 5.97 Å². The van der Waals surface area contributed by atoms with Crippen molar-refractivity contribution in [3.8, 4) is 5.69 Å². The molecule has 5 rings (SSSR count). The molecule has 1 aromatic heterocycles. The van der Waals surface area contributed by atoms with Gasteiger partial charge in [-0.3, -0.25) is 14.2 Å². The van der Waals surface area contributed by atoms with Gasteiger partial charge in [0.2, 0.25) is 0 Å². The number of hydrogen-bond donors (Lipinski definition) is 1. The number of benzene rings is 3. The van der Waals surface area contributed by atoms with Gasteiger partial charge in [0.05, 0.1) is 22.3 Å². The average Bonchev–Trinajstić information content (AvgIpc) is 3.32. The van der Waals surface area contributed by atoms with Crippen molar-refractivity contribution >= 4 is 22.6 Å². The van der Waals surface area contributed by atoms with Crippen LogP contribution in [0.4, 0.5) is 13.2 Å². The molecule has 0 amide bonds. The monoisotopic (exact) mass is 535 g/mol. The van der Waals surface area contributed by atoms with E-state index >= 15 is 0 Å². The van der Waals surface area contributed by atoms with Crippen LogP contribution in [0.25, 0.3) is 16.6 Å². The highest BCUT2D eigenvalue weighted by Gasteiger charge is 2.37. The van der Waals surface area contributed by atoms with Gasteiger partial charge in [0.15, 0.2) is 17.2 Å². The fraction of sp³-hybridized carbons (Fsp3) is 0.241. The number of aromatic nitrogens is 2. The number of carboxylic acid groups (broad SMARTS) is 1. The quantitative estimate of drug-likeness (QED) is 0.295. The molecule has 0 bridgehead atoms. The second-order valence-electron chi connectivity index (χ2n) is 9.64. The second kappa shape index (κ2) is 10.4. The molecule has 0 aliphatic carbocycles. The first-order valence-corrected chi connectivity index (χ1v) is 12.4. The third-order valence-corrected chi connectivity index (χ3v) is 6.79. The Morgan fingerprint density at radius 3 is 2.51 bits per heavy atom. The van der Waals surface area contributed by atoms with Crippen LogP contribution in [0.2, 0.25) is 0 Å². The minimum Gasteiger partial charge on any atom is -0.481 e. The lowest BCUT2D eigenvalue weighted by Crippen LogP contribution is -2.24. The molecule has 1 aliphatic rings. The van der Waals surface area contributed by atoms with Crippen molar-refractivity contribution in [1.82, 2.24) is 9.55 Å². The van der Waals surface area contributed by atoms with Gasteiger partial charge in [-0.15, -0.1) is 0 Å². The molecule has 1 N–H and O–H groups in total. The summed E-state index contributed by atoms with van der Waals surface area (Å²) in [7, 11) is 0. The molecule has 7 nitrogen and oxygen atoms in total. The maximum atomic E-state index is 13.8. The lowest BCUT2D eigenvalue weighted by Gasteiger charge is -2.22. The van der Waals surface area contributed by atoms with Crippen LogP contribution in [0.1, 0.15) is 49.6 Å². The predicted molar refractivity (Wildman–Crippen MR) is 138 cm³/mol. The molecule has 0 fully saturated rings. The van der Waals surface area contributed by atoms with E-state index in [1.54, 1.807) is 25.1 Å². The topological polar surface area (TPSA) is 93.8 Å². The Balaban J connectivity index is 1.50. The molecule has 10 heteroatoms. The number of oxime groups is 1. The Kier molecular flexibility index (Phi) is 6.94. The fourth-order valence-electron chi connectivity index (χ4n) is 4.67. The van der Waals surface area contributed by atoms with E-state index in [1.165, 1.54) is 34.9 Å². The van der Waals surface area contributed by atoms with Crippen LogP contribution in [-0.2, 0) is 21.7 Å². The highest BCUT2D eigenvalue weighted by Crippen LogP contribution is 2.36. The number of halogens is 3. The van der Waals surface area contributed by atoms with Crippen LogP contribution < -0.4 is 5.56 Å². The van der Waals surface area contributed by atoms with Crippen LogP contribution in [-0.4, -0.2) is 26.3 Å². The number of rotatable bonds is 8. The lowest BCUT2D eigenvalue weighted by molar-refractivity contribution is -0.137. The fourth-order valence-corrected chi connectivity index (χ4v) is 4.67. The van der Waals surface area contributed by atoms with Gasteiger partial charge in [0, 0.05) is 30.4 Å². The zero-order chi connectivity index (χ0) is 27.7. The Hall–Kier alpha value is -4.47. The van der Waals surface area contributed by atoms with E-state index in [2.05, 4.69) is 5.16 Å². The van der Waals surface area contributed by atoms with Gasteiger partial charge in [-0.2, -0.15) is 0 Å². The normalized spacial score (nSPS) is 16.8. The molecule has 39 heavy (non-hydrogen) atoms. The summed E-state index contributed by atoms with van der Waals surface area (Å²) in [6, 6.07) is 14.1. The first kappa shape index (κ1) is 26.1. The molecule has 0 saturated carbocycles. The van der Waals surface area contributed by atoms with Crippen molar-refractivity contribution in [2.45, 2.75) is 44.6 Å². The number of nitrogens with zero attached hydrogens (tertiary/aromatic N) is 3. The number of carbonyl (C=O) groups is 1. The first-order valence-electron chi connectivity index (χ1n) is 12.4.